The molecule has 0 aromatic heterocycles. The van der Waals surface area contributed by atoms with Gasteiger partial charge in [-0.3, -0.25) is 4.90 Å². The molecule has 0 aromatic carbocycles. The van der Waals surface area contributed by atoms with Crippen molar-refractivity contribution in [1.29, 1.82) is 0 Å². The molecule has 0 saturated carbocycles. The van der Waals surface area contributed by atoms with Gasteiger partial charge in [-0.05, 0) is 31.8 Å². The van der Waals surface area contributed by atoms with E-state index < -0.39 is 0 Å². The lowest BCUT2D eigenvalue weighted by Crippen LogP contribution is -2.53. The highest BCUT2D eigenvalue weighted by molar-refractivity contribution is 7.98. The Morgan fingerprint density at radius 1 is 1.53 bits per heavy atom. The van der Waals surface area contributed by atoms with Crippen LogP contribution in [0.3, 0.4) is 0 Å². The fourth-order valence-corrected chi connectivity index (χ4v) is 2.84. The van der Waals surface area contributed by atoms with E-state index in [9.17, 15) is 0 Å². The van der Waals surface area contributed by atoms with Gasteiger partial charge in [0.05, 0.1) is 0 Å². The summed E-state index contributed by atoms with van der Waals surface area (Å²) >= 11 is 1.96. The third-order valence-corrected chi connectivity index (χ3v) is 3.93. The molecular formula is C12H26N2S. The Morgan fingerprint density at radius 2 is 2.33 bits per heavy atom. The average Bonchev–Trinajstić information content (AvgIpc) is 2.27. The SMILES string of the molecule is CCCC1CN(C(C)CCSC)CCN1. The number of nitrogens with one attached hydrogen (secondary N) is 1. The molecule has 0 spiro atoms. The summed E-state index contributed by atoms with van der Waals surface area (Å²) in [4.78, 5) is 2.66. The summed E-state index contributed by atoms with van der Waals surface area (Å²) in [6.45, 7) is 8.32. The fourth-order valence-electron chi connectivity index (χ4n) is 2.26. The third kappa shape index (κ3) is 4.75. The maximum Gasteiger partial charge on any atom is 0.0195 e. The molecule has 1 heterocycles. The number of nitrogens with zero attached hydrogens (tertiary/aromatic N) is 1. The zero-order chi connectivity index (χ0) is 11.1. The van der Waals surface area contributed by atoms with Gasteiger partial charge >= 0.3 is 0 Å². The normalized spacial score (nSPS) is 25.4. The number of rotatable bonds is 6. The highest BCUT2D eigenvalue weighted by Gasteiger charge is 2.21. The Hall–Kier alpha value is 0.270. The standard InChI is InChI=1S/C12H26N2S/c1-4-5-12-10-14(8-7-13-12)11(2)6-9-15-3/h11-13H,4-10H2,1-3H3. The van der Waals surface area contributed by atoms with Gasteiger partial charge < -0.3 is 5.32 Å². The maximum atomic E-state index is 3.61. The first-order valence-corrected chi connectivity index (χ1v) is 7.63. The molecule has 0 bridgehead atoms. The summed E-state index contributed by atoms with van der Waals surface area (Å²) in [5.41, 5.74) is 0. The van der Waals surface area contributed by atoms with Crippen molar-refractivity contribution in [3.63, 3.8) is 0 Å². The van der Waals surface area contributed by atoms with Gasteiger partial charge in [0.1, 0.15) is 0 Å². The third-order valence-electron chi connectivity index (χ3n) is 3.29. The Bertz CT molecular complexity index is 162. The number of piperazine rings is 1. The summed E-state index contributed by atoms with van der Waals surface area (Å²) in [6, 6.07) is 1.50. The van der Waals surface area contributed by atoms with Gasteiger partial charge in [0.15, 0.2) is 0 Å². The van der Waals surface area contributed by atoms with E-state index in [1.807, 2.05) is 11.8 Å². The molecule has 1 aliphatic rings. The molecule has 90 valence electrons. The molecule has 1 rings (SSSR count). The molecule has 2 atom stereocenters. The summed E-state index contributed by atoms with van der Waals surface area (Å²) in [5, 5.41) is 3.61. The monoisotopic (exact) mass is 230 g/mol. The molecule has 1 aliphatic heterocycles. The van der Waals surface area contributed by atoms with E-state index in [4.69, 9.17) is 0 Å². The van der Waals surface area contributed by atoms with Crippen LogP contribution in [0, 0.1) is 0 Å². The van der Waals surface area contributed by atoms with Crippen LogP contribution in [0.5, 0.6) is 0 Å². The number of hydrogen-bond donors (Lipinski definition) is 1. The van der Waals surface area contributed by atoms with E-state index in [0.29, 0.717) is 0 Å². The molecule has 1 fully saturated rings. The first-order valence-electron chi connectivity index (χ1n) is 6.24. The van der Waals surface area contributed by atoms with Crippen molar-refractivity contribution in [2.75, 3.05) is 31.6 Å². The van der Waals surface area contributed by atoms with Crippen molar-refractivity contribution in [1.82, 2.24) is 10.2 Å². The Morgan fingerprint density at radius 3 is 3.00 bits per heavy atom. The first-order chi connectivity index (χ1) is 7.27. The van der Waals surface area contributed by atoms with Crippen LogP contribution >= 0.6 is 11.8 Å². The minimum atomic E-state index is 0.737. The van der Waals surface area contributed by atoms with Gasteiger partial charge in [-0.2, -0.15) is 11.8 Å². The molecular weight excluding hydrogens is 204 g/mol. The lowest BCUT2D eigenvalue weighted by molar-refractivity contribution is 0.146. The van der Waals surface area contributed by atoms with Crippen molar-refractivity contribution >= 4 is 11.8 Å². The van der Waals surface area contributed by atoms with Crippen molar-refractivity contribution in [3.8, 4) is 0 Å². The lowest BCUT2D eigenvalue weighted by atomic mass is 10.1. The van der Waals surface area contributed by atoms with Crippen LogP contribution in [0.25, 0.3) is 0 Å². The van der Waals surface area contributed by atoms with Crippen molar-refractivity contribution in [3.05, 3.63) is 0 Å². The summed E-state index contributed by atoms with van der Waals surface area (Å²) in [6.07, 6.45) is 6.15. The van der Waals surface area contributed by atoms with Crippen molar-refractivity contribution in [2.24, 2.45) is 0 Å². The molecule has 3 heteroatoms. The minimum absolute atomic E-state index is 0.737. The smallest absolute Gasteiger partial charge is 0.0195 e. The summed E-state index contributed by atoms with van der Waals surface area (Å²) in [7, 11) is 0. The van der Waals surface area contributed by atoms with Crippen LogP contribution in [-0.4, -0.2) is 48.6 Å². The fraction of sp³-hybridized carbons (Fsp3) is 1.00. The van der Waals surface area contributed by atoms with Crippen molar-refractivity contribution in [2.45, 2.75) is 45.2 Å². The van der Waals surface area contributed by atoms with Crippen LogP contribution < -0.4 is 5.32 Å². The molecule has 2 nitrogen and oxygen atoms in total. The largest absolute Gasteiger partial charge is 0.311 e. The zero-order valence-corrected chi connectivity index (χ0v) is 11.3. The molecule has 15 heavy (non-hydrogen) atoms. The minimum Gasteiger partial charge on any atom is -0.311 e. The predicted molar refractivity (Wildman–Crippen MR) is 70.7 cm³/mol. The summed E-state index contributed by atoms with van der Waals surface area (Å²) in [5.74, 6) is 1.30. The van der Waals surface area contributed by atoms with Gasteiger partial charge in [-0.1, -0.05) is 13.3 Å². The van der Waals surface area contributed by atoms with Crippen LogP contribution in [0.4, 0.5) is 0 Å². The van der Waals surface area contributed by atoms with E-state index in [-0.39, 0.29) is 0 Å². The topological polar surface area (TPSA) is 15.3 Å². The molecule has 1 saturated heterocycles. The van der Waals surface area contributed by atoms with Crippen molar-refractivity contribution < 1.29 is 0 Å². The van der Waals surface area contributed by atoms with Gasteiger partial charge in [-0.25, -0.2) is 0 Å². The Balaban J connectivity index is 2.27. The van der Waals surface area contributed by atoms with Gasteiger partial charge in [0.25, 0.3) is 0 Å². The second kappa shape index (κ2) is 7.53. The van der Waals surface area contributed by atoms with E-state index >= 15 is 0 Å². The quantitative estimate of drug-likeness (QED) is 0.753. The Kier molecular flexibility index (Phi) is 6.69. The summed E-state index contributed by atoms with van der Waals surface area (Å²) < 4.78 is 0. The molecule has 0 amide bonds. The lowest BCUT2D eigenvalue weighted by Gasteiger charge is -2.37. The molecule has 2 unspecified atom stereocenters. The van der Waals surface area contributed by atoms with Crippen LogP contribution in [0.1, 0.15) is 33.1 Å². The average molecular weight is 230 g/mol. The second-order valence-corrected chi connectivity index (χ2v) is 5.55. The maximum absolute atomic E-state index is 3.61. The number of thioether (sulfide) groups is 1. The van der Waals surface area contributed by atoms with Gasteiger partial charge in [-0.15, -0.1) is 0 Å². The zero-order valence-electron chi connectivity index (χ0n) is 10.5. The Labute approximate surface area is 99.2 Å². The highest BCUT2D eigenvalue weighted by Crippen LogP contribution is 2.12. The highest BCUT2D eigenvalue weighted by atomic mass is 32.2. The van der Waals surface area contributed by atoms with Gasteiger partial charge in [0.2, 0.25) is 0 Å². The van der Waals surface area contributed by atoms with E-state index in [1.54, 1.807) is 0 Å². The molecule has 1 N–H and O–H groups in total. The molecule has 0 aromatic rings. The predicted octanol–water partition coefficient (Wildman–Crippen LogP) is 2.20. The molecule has 0 aliphatic carbocycles. The number of hydrogen-bond acceptors (Lipinski definition) is 3. The van der Waals surface area contributed by atoms with Crippen LogP contribution in [-0.2, 0) is 0 Å². The van der Waals surface area contributed by atoms with Gasteiger partial charge in [0, 0.05) is 31.7 Å². The first kappa shape index (κ1) is 13.3. The molecule has 0 radical (unpaired) electrons. The second-order valence-electron chi connectivity index (χ2n) is 4.57. The van der Waals surface area contributed by atoms with Crippen LogP contribution in [0.2, 0.25) is 0 Å². The van der Waals surface area contributed by atoms with E-state index in [0.717, 1.165) is 12.1 Å². The van der Waals surface area contributed by atoms with E-state index in [2.05, 4.69) is 30.3 Å². The van der Waals surface area contributed by atoms with Crippen LogP contribution in [0.15, 0.2) is 0 Å². The van der Waals surface area contributed by atoms with E-state index in [1.165, 1.54) is 44.6 Å².